The minimum atomic E-state index is -0.832. The molecule has 304 valence electrons. The maximum absolute atomic E-state index is 14.2. The van der Waals surface area contributed by atoms with E-state index in [9.17, 15) is 14.4 Å². The summed E-state index contributed by atoms with van der Waals surface area (Å²) in [6, 6.07) is 9.25. The third kappa shape index (κ3) is 8.13. The fourth-order valence-electron chi connectivity index (χ4n) is 9.12. The summed E-state index contributed by atoms with van der Waals surface area (Å²) in [7, 11) is 1.72. The monoisotopic (exact) mass is 795 g/mol. The van der Waals surface area contributed by atoms with Gasteiger partial charge in [0.1, 0.15) is 12.1 Å². The van der Waals surface area contributed by atoms with Crippen molar-refractivity contribution in [3.63, 3.8) is 0 Å². The van der Waals surface area contributed by atoms with Crippen molar-refractivity contribution in [3.05, 3.63) is 58.2 Å². The smallest absolute Gasteiger partial charge is 0.324 e. The largest absolute Gasteiger partial charge is 0.464 e. The Bertz CT molecular complexity index is 2130. The standard InChI is InChI=1S/C44H57N7O5S/c1-26-27(2)38(26)41(52)47-34-22-37-46-35(24-57-37)29-13-14-36-31(21-29)32(23-44(4,5)25-56-43(54)33-12-10-18-51(48-33)42(34)53)40(50(36)20-19-49-16-7-8-17-49)30-11-9-15-45-39(30)28(3)55-6/h9,11,13-15,21,24,26-28,33-34,38,48H,7-8,10,12,16-20,22-23,25H2,1-6H3,(H,47,52)/t26-,27+,28-,33-,34-,38?/m0/s1. The summed E-state index contributed by atoms with van der Waals surface area (Å²) in [6.07, 6.45) is 6.12. The zero-order valence-electron chi connectivity index (χ0n) is 34.2. The predicted octanol–water partition coefficient (Wildman–Crippen LogP) is 6.18. The maximum Gasteiger partial charge on any atom is 0.324 e. The van der Waals surface area contributed by atoms with E-state index >= 15 is 0 Å². The molecule has 2 amide bonds. The average Bonchev–Trinajstić information content (AvgIpc) is 3.70. The highest BCUT2D eigenvalue weighted by atomic mass is 32.1. The van der Waals surface area contributed by atoms with Crippen molar-refractivity contribution in [3.8, 4) is 22.5 Å². The Morgan fingerprint density at radius 2 is 1.89 bits per heavy atom. The number of esters is 1. The van der Waals surface area contributed by atoms with E-state index in [0.29, 0.717) is 25.8 Å². The highest BCUT2D eigenvalue weighted by molar-refractivity contribution is 7.10. The van der Waals surface area contributed by atoms with E-state index in [1.54, 1.807) is 7.11 Å². The quantitative estimate of drug-likeness (QED) is 0.201. The van der Waals surface area contributed by atoms with Gasteiger partial charge in [0.15, 0.2) is 0 Å². The third-order valence-electron chi connectivity index (χ3n) is 12.8. The first kappa shape index (κ1) is 39.6. The lowest BCUT2D eigenvalue weighted by molar-refractivity contribution is -0.155. The number of amides is 2. The van der Waals surface area contributed by atoms with Gasteiger partial charge >= 0.3 is 5.97 Å². The summed E-state index contributed by atoms with van der Waals surface area (Å²) in [5, 5.41) is 8.53. The highest BCUT2D eigenvalue weighted by Crippen LogP contribution is 2.46. The van der Waals surface area contributed by atoms with E-state index < -0.39 is 17.5 Å². The van der Waals surface area contributed by atoms with Crippen LogP contribution in [-0.4, -0.2) is 94.2 Å². The van der Waals surface area contributed by atoms with Gasteiger partial charge in [-0.15, -0.1) is 11.3 Å². The van der Waals surface area contributed by atoms with Gasteiger partial charge in [0.05, 0.1) is 34.8 Å². The molecular weight excluding hydrogens is 739 g/mol. The summed E-state index contributed by atoms with van der Waals surface area (Å²) >= 11 is 1.50. The number of cyclic esters (lactones) is 1. The molecule has 4 aliphatic rings. The van der Waals surface area contributed by atoms with Crippen molar-refractivity contribution in [1.82, 2.24) is 35.2 Å². The number of pyridine rings is 1. The van der Waals surface area contributed by atoms with Crippen LogP contribution < -0.4 is 10.7 Å². The molecule has 6 atom stereocenters. The van der Waals surface area contributed by atoms with Crippen LogP contribution in [0.5, 0.6) is 0 Å². The summed E-state index contributed by atoms with van der Waals surface area (Å²) < 4.78 is 14.5. The Morgan fingerprint density at radius 3 is 2.65 bits per heavy atom. The van der Waals surface area contributed by atoms with Crippen LogP contribution in [0.1, 0.15) is 82.7 Å². The van der Waals surface area contributed by atoms with Crippen molar-refractivity contribution in [2.45, 2.75) is 97.9 Å². The highest BCUT2D eigenvalue weighted by Gasteiger charge is 2.49. The summed E-state index contributed by atoms with van der Waals surface area (Å²) in [5.41, 5.74) is 9.85. The van der Waals surface area contributed by atoms with Gasteiger partial charge in [-0.25, -0.2) is 10.4 Å². The average molecular weight is 796 g/mol. The van der Waals surface area contributed by atoms with Gasteiger partial charge in [0, 0.05) is 78.1 Å². The molecule has 2 saturated heterocycles. The second-order valence-electron chi connectivity index (χ2n) is 17.5. The molecule has 57 heavy (non-hydrogen) atoms. The molecule has 6 heterocycles. The van der Waals surface area contributed by atoms with Crippen molar-refractivity contribution >= 4 is 40.0 Å². The molecular formula is C44H57N7O5S. The van der Waals surface area contributed by atoms with Gasteiger partial charge < -0.3 is 24.3 Å². The lowest BCUT2D eigenvalue weighted by atomic mass is 9.84. The number of thiazole rings is 1. The zero-order valence-corrected chi connectivity index (χ0v) is 35.0. The molecule has 3 fully saturated rings. The van der Waals surface area contributed by atoms with Gasteiger partial charge in [-0.3, -0.25) is 24.4 Å². The molecule has 0 spiro atoms. The number of nitrogens with one attached hydrogen (secondary N) is 2. The number of hydrogen-bond donors (Lipinski definition) is 2. The molecule has 0 radical (unpaired) electrons. The fraction of sp³-hybridized carbons (Fsp3) is 0.568. The number of rotatable bonds is 8. The normalized spacial score (nSPS) is 25.9. The Morgan fingerprint density at radius 1 is 1.11 bits per heavy atom. The van der Waals surface area contributed by atoms with E-state index in [2.05, 4.69) is 77.6 Å². The van der Waals surface area contributed by atoms with Crippen LogP contribution in [0, 0.1) is 23.2 Å². The number of fused-ring (bicyclic) bond motifs is 6. The second kappa shape index (κ2) is 16.2. The van der Waals surface area contributed by atoms with Crippen LogP contribution in [-0.2, 0) is 43.2 Å². The molecule has 2 N–H and O–H groups in total. The molecule has 1 unspecified atom stereocenters. The molecule has 13 heteroatoms. The molecule has 3 aliphatic heterocycles. The SMILES string of the molecule is CO[C@@H](C)c1ncccc1-c1c2c3cc(ccc3n1CCN1CCCC1)-c1csc(n1)C[C@H](NC(=O)C1[C@@H](C)[C@H]1C)C(=O)N1CCC[C@H](N1)C(=O)OCC(C)(C)C2. The number of carbonyl (C=O) groups excluding carboxylic acids is 3. The number of hydrogen-bond acceptors (Lipinski definition) is 10. The zero-order chi connectivity index (χ0) is 40.0. The Labute approximate surface area is 339 Å². The first-order chi connectivity index (χ1) is 27.4. The number of carbonyl (C=O) groups is 3. The van der Waals surface area contributed by atoms with E-state index in [1.165, 1.54) is 34.8 Å². The molecule has 1 aliphatic carbocycles. The summed E-state index contributed by atoms with van der Waals surface area (Å²) in [6.45, 7) is 15.0. The summed E-state index contributed by atoms with van der Waals surface area (Å²) in [5.74, 6) is -0.344. The number of ether oxygens (including phenoxy) is 2. The topological polar surface area (TPSA) is 131 Å². The Kier molecular flexibility index (Phi) is 11.3. The van der Waals surface area contributed by atoms with E-state index in [0.717, 1.165) is 70.3 Å². The number of aromatic nitrogens is 3. The minimum Gasteiger partial charge on any atom is -0.464 e. The summed E-state index contributed by atoms with van der Waals surface area (Å²) in [4.78, 5) is 53.9. The van der Waals surface area contributed by atoms with Crippen LogP contribution in [0.15, 0.2) is 41.9 Å². The van der Waals surface area contributed by atoms with Crippen LogP contribution in [0.25, 0.3) is 33.4 Å². The predicted molar refractivity (Wildman–Crippen MR) is 221 cm³/mol. The van der Waals surface area contributed by atoms with Gasteiger partial charge in [0.2, 0.25) is 5.91 Å². The van der Waals surface area contributed by atoms with Gasteiger partial charge in [-0.1, -0.05) is 33.8 Å². The van der Waals surface area contributed by atoms with Crippen LogP contribution in [0.3, 0.4) is 0 Å². The molecule has 1 aromatic carbocycles. The number of benzene rings is 1. The molecule has 1 saturated carbocycles. The maximum atomic E-state index is 14.2. The van der Waals surface area contributed by atoms with Gasteiger partial charge in [-0.05, 0) is 93.8 Å². The Balaban J connectivity index is 1.25. The van der Waals surface area contributed by atoms with Crippen LogP contribution >= 0.6 is 11.3 Å². The first-order valence-electron chi connectivity index (χ1n) is 20.8. The van der Waals surface area contributed by atoms with Crippen molar-refractivity contribution in [2.75, 3.05) is 39.9 Å². The Hall–Kier alpha value is -4.17. The second-order valence-corrected chi connectivity index (χ2v) is 18.4. The van der Waals surface area contributed by atoms with Gasteiger partial charge in [-0.2, -0.15) is 0 Å². The van der Waals surface area contributed by atoms with E-state index in [1.807, 2.05) is 19.2 Å². The van der Waals surface area contributed by atoms with E-state index in [4.69, 9.17) is 19.4 Å². The van der Waals surface area contributed by atoms with Crippen LogP contribution in [0.4, 0.5) is 0 Å². The van der Waals surface area contributed by atoms with E-state index in [-0.39, 0.29) is 54.7 Å². The van der Waals surface area contributed by atoms with Gasteiger partial charge in [0.25, 0.3) is 5.91 Å². The number of nitrogens with zero attached hydrogens (tertiary/aromatic N) is 5. The lowest BCUT2D eigenvalue weighted by Gasteiger charge is -2.35. The third-order valence-corrected chi connectivity index (χ3v) is 13.7. The molecule has 6 bridgehead atoms. The molecule has 8 rings (SSSR count). The number of hydrazine groups is 1. The number of methoxy groups -OCH3 is 1. The van der Waals surface area contributed by atoms with Crippen molar-refractivity contribution < 1.29 is 23.9 Å². The van der Waals surface area contributed by atoms with Crippen molar-refractivity contribution in [1.29, 1.82) is 0 Å². The molecule has 4 aromatic rings. The fourth-order valence-corrected chi connectivity index (χ4v) is 9.97. The lowest BCUT2D eigenvalue weighted by Crippen LogP contribution is -2.60. The minimum absolute atomic E-state index is 0.109. The van der Waals surface area contributed by atoms with Crippen LogP contribution in [0.2, 0.25) is 0 Å². The molecule has 12 nitrogen and oxygen atoms in total. The molecule has 3 aromatic heterocycles. The number of likely N-dealkylation sites (tertiary alicyclic amines) is 1. The van der Waals surface area contributed by atoms with Crippen molar-refractivity contribution in [2.24, 2.45) is 23.2 Å². The first-order valence-corrected chi connectivity index (χ1v) is 21.7.